The van der Waals surface area contributed by atoms with E-state index in [1.165, 1.54) is 24.0 Å². The number of carboxylic acids is 1. The van der Waals surface area contributed by atoms with Crippen LogP contribution in [0.5, 0.6) is 17.2 Å². The maximum Gasteiger partial charge on any atom is 0.314 e. The second-order valence-corrected chi connectivity index (χ2v) is 27.0. The largest absolute Gasteiger partial charge is 0.497 e. The maximum atomic E-state index is 11.0. The van der Waals surface area contributed by atoms with Gasteiger partial charge in [0.1, 0.15) is 21.3 Å². The Morgan fingerprint density at radius 3 is 1.20 bits per heavy atom. The van der Waals surface area contributed by atoms with Gasteiger partial charge in [-0.1, -0.05) is 52.3 Å². The molecule has 0 radical (unpaired) electrons. The number of aliphatic hydroxyl groups is 1. The predicted octanol–water partition coefficient (Wildman–Crippen LogP) is 10.1. The van der Waals surface area contributed by atoms with Crippen molar-refractivity contribution >= 4 is 72.4 Å². The van der Waals surface area contributed by atoms with Crippen molar-refractivity contribution in [1.29, 1.82) is 0 Å². The first-order valence-corrected chi connectivity index (χ1v) is 22.7. The first-order valence-electron chi connectivity index (χ1n) is 14.1. The van der Waals surface area contributed by atoms with E-state index in [1.807, 2.05) is 48.5 Å². The number of carbonyl (C=O) groups is 1. The Bertz CT molecular complexity index is 1240. The van der Waals surface area contributed by atoms with E-state index in [1.54, 1.807) is 33.5 Å². The number of aliphatic hydroxyl groups excluding tert-OH is 1. The molecule has 3 aromatic rings. The molecule has 0 atom stereocenters. The molecule has 0 aliphatic heterocycles. The second-order valence-electron chi connectivity index (χ2n) is 11.1. The Kier molecular flexibility index (Phi) is 14.5. The monoisotopic (exact) mass is 878 g/mol. The standard InChI is InChI=1S/C11H13BrO.C11H12O3.C11H14O2.Br3P/c1-13-10-4-2-9(3-5-10)11(8-12)6-7-11;1-14-9-4-2-8(3-5-9)11(6-7-11)10(12)13;1-13-10-4-2-9(3-5-10)11(8-12)6-7-11;1-4(2)3/h2-5H,6-8H2,1H3;2-5H,6-7H2,1H3,(H,12,13);2-5,12H,6-8H2,1H3;. The summed E-state index contributed by atoms with van der Waals surface area (Å²) in [7, 11) is 4.96. The highest BCUT2D eigenvalue weighted by Gasteiger charge is 2.51. The van der Waals surface area contributed by atoms with Crippen LogP contribution >= 0.6 is 66.4 Å². The van der Waals surface area contributed by atoms with E-state index < -0.39 is 11.4 Å². The Morgan fingerprint density at radius 2 is 0.977 bits per heavy atom. The molecule has 0 spiro atoms. The van der Waals surface area contributed by atoms with E-state index in [-0.39, 0.29) is 16.1 Å². The zero-order valence-electron chi connectivity index (χ0n) is 25.1. The van der Waals surface area contributed by atoms with Crippen molar-refractivity contribution in [3.05, 3.63) is 89.5 Å². The normalized spacial score (nSPS) is 17.2. The fourth-order valence-corrected chi connectivity index (χ4v) is 5.77. The molecule has 11 heteroatoms. The molecule has 0 bridgehead atoms. The highest BCUT2D eigenvalue weighted by Crippen LogP contribution is 2.59. The van der Waals surface area contributed by atoms with Gasteiger partial charge in [-0.05, 0) is 138 Å². The van der Waals surface area contributed by atoms with E-state index in [0.717, 1.165) is 53.8 Å². The Hall–Kier alpha value is -1.16. The van der Waals surface area contributed by atoms with Crippen LogP contribution in [0.4, 0.5) is 0 Å². The molecular weight excluding hydrogens is 843 g/mol. The number of ether oxygens (including phenoxy) is 3. The summed E-state index contributed by atoms with van der Waals surface area (Å²) in [5.74, 6) is 1.85. The fourth-order valence-electron chi connectivity index (χ4n) is 4.89. The van der Waals surface area contributed by atoms with Crippen LogP contribution in [0, 0.1) is 0 Å². The van der Waals surface area contributed by atoms with Crippen LogP contribution < -0.4 is 14.2 Å². The summed E-state index contributed by atoms with van der Waals surface area (Å²) < 4.78 is 15.0. The van der Waals surface area contributed by atoms with Gasteiger partial charge >= 0.3 is 5.97 Å². The molecule has 0 heterocycles. The lowest BCUT2D eigenvalue weighted by Gasteiger charge is -2.11. The van der Waals surface area contributed by atoms with Crippen LogP contribution in [-0.4, -0.2) is 49.4 Å². The van der Waals surface area contributed by atoms with E-state index in [0.29, 0.717) is 5.41 Å². The Labute approximate surface area is 294 Å². The van der Waals surface area contributed by atoms with E-state index in [2.05, 4.69) is 74.5 Å². The summed E-state index contributed by atoms with van der Waals surface area (Å²) in [5.41, 5.74) is 3.46. The summed E-state index contributed by atoms with van der Waals surface area (Å²) in [5, 5.41) is 19.3. The number of alkyl halides is 1. The van der Waals surface area contributed by atoms with Crippen molar-refractivity contribution in [1.82, 2.24) is 0 Å². The molecule has 3 saturated carbocycles. The van der Waals surface area contributed by atoms with Crippen LogP contribution in [0.25, 0.3) is 0 Å². The summed E-state index contributed by atoms with van der Waals surface area (Å²) in [6.07, 6.45) is 6.32. The van der Waals surface area contributed by atoms with Crippen molar-refractivity contribution < 1.29 is 29.2 Å². The molecule has 3 aliphatic rings. The van der Waals surface area contributed by atoms with Crippen LogP contribution in [0.2, 0.25) is 0 Å². The summed E-state index contributed by atoms with van der Waals surface area (Å²) >= 11 is 13.1. The quantitative estimate of drug-likeness (QED) is 0.165. The Morgan fingerprint density at radius 1 is 0.659 bits per heavy atom. The molecule has 0 amide bonds. The van der Waals surface area contributed by atoms with Gasteiger partial charge in [0, 0.05) is 16.2 Å². The third-order valence-electron chi connectivity index (χ3n) is 8.47. The number of aliphatic carboxylic acids is 1. The van der Waals surface area contributed by atoms with Crippen LogP contribution in [0.1, 0.15) is 55.2 Å². The van der Waals surface area contributed by atoms with E-state index in [4.69, 9.17) is 19.3 Å². The van der Waals surface area contributed by atoms with E-state index in [9.17, 15) is 9.90 Å². The van der Waals surface area contributed by atoms with Gasteiger partial charge in [-0.15, -0.1) is 0 Å². The van der Waals surface area contributed by atoms with Crippen LogP contribution in [0.3, 0.4) is 0 Å². The number of hydrogen-bond donors (Lipinski definition) is 2. The molecule has 0 saturated heterocycles. The fraction of sp³-hybridized carbons (Fsp3) is 0.424. The topological polar surface area (TPSA) is 85.2 Å². The van der Waals surface area contributed by atoms with Gasteiger partial charge in [0.2, 0.25) is 0 Å². The molecule has 44 heavy (non-hydrogen) atoms. The van der Waals surface area contributed by atoms with Crippen molar-refractivity contribution in [2.75, 3.05) is 33.3 Å². The average molecular weight is 882 g/mol. The van der Waals surface area contributed by atoms with Crippen molar-refractivity contribution in [2.24, 2.45) is 0 Å². The van der Waals surface area contributed by atoms with E-state index >= 15 is 0 Å². The first-order chi connectivity index (χ1) is 21.0. The number of methoxy groups -OCH3 is 3. The molecule has 0 aromatic heterocycles. The van der Waals surface area contributed by atoms with Crippen LogP contribution in [-0.2, 0) is 21.0 Å². The van der Waals surface area contributed by atoms with Gasteiger partial charge in [-0.2, -0.15) is 0 Å². The van der Waals surface area contributed by atoms with Gasteiger partial charge in [-0.25, -0.2) is 0 Å². The maximum absolute atomic E-state index is 11.0. The SMILES string of the molecule is BrP(Br)Br.COc1ccc(C2(C(=O)O)CC2)cc1.COc1ccc(C2(CBr)CC2)cc1.COc1ccc(C2(CO)CC2)cc1. The second kappa shape index (κ2) is 17.1. The minimum absolute atomic E-state index is 0.0757. The van der Waals surface area contributed by atoms with Gasteiger partial charge in [0.05, 0.1) is 33.4 Å². The molecular formula is C33H39Br4O6P. The average Bonchev–Trinajstić information content (AvgIpc) is 3.93. The molecule has 6 rings (SSSR count). The predicted molar refractivity (Wildman–Crippen MR) is 194 cm³/mol. The number of benzene rings is 3. The van der Waals surface area contributed by atoms with Gasteiger partial charge in [0.15, 0.2) is 0 Å². The smallest absolute Gasteiger partial charge is 0.314 e. The minimum Gasteiger partial charge on any atom is -0.497 e. The molecule has 3 aromatic carbocycles. The zero-order chi connectivity index (χ0) is 32.4. The van der Waals surface area contributed by atoms with Gasteiger partial charge in [0.25, 0.3) is 0 Å². The van der Waals surface area contributed by atoms with Gasteiger partial charge < -0.3 is 24.4 Å². The van der Waals surface area contributed by atoms with Crippen molar-refractivity contribution in [3.8, 4) is 17.2 Å². The van der Waals surface area contributed by atoms with Gasteiger partial charge in [-0.3, -0.25) is 4.79 Å². The number of rotatable bonds is 9. The summed E-state index contributed by atoms with van der Waals surface area (Å²) in [6, 6.07) is 23.7. The zero-order valence-corrected chi connectivity index (χ0v) is 32.3. The number of hydrogen-bond acceptors (Lipinski definition) is 5. The lowest BCUT2D eigenvalue weighted by molar-refractivity contribution is -0.140. The highest BCUT2D eigenvalue weighted by atomic mass is 80.0. The molecule has 2 N–H and O–H groups in total. The molecule has 0 unspecified atom stereocenters. The van der Waals surface area contributed by atoms with Crippen LogP contribution in [0.15, 0.2) is 72.8 Å². The lowest BCUT2D eigenvalue weighted by atomic mass is 9.96. The lowest BCUT2D eigenvalue weighted by Crippen LogP contribution is -2.19. The number of carboxylic acid groups (broad SMARTS) is 1. The molecule has 3 fully saturated rings. The van der Waals surface area contributed by atoms with Crippen molar-refractivity contribution in [2.45, 2.75) is 54.8 Å². The third-order valence-corrected chi connectivity index (χ3v) is 9.55. The molecule has 240 valence electrons. The van der Waals surface area contributed by atoms with Crippen molar-refractivity contribution in [3.63, 3.8) is 0 Å². The third kappa shape index (κ3) is 10.2. The minimum atomic E-state index is -0.720. The number of halogens is 4. The summed E-state index contributed by atoms with van der Waals surface area (Å²) in [4.78, 5) is 11.0. The first kappa shape index (κ1) is 37.3. The molecule has 3 aliphatic carbocycles. The molecule has 6 nitrogen and oxygen atoms in total. The highest BCUT2D eigenvalue weighted by molar-refractivity contribution is 9.93. The summed E-state index contributed by atoms with van der Waals surface area (Å²) in [6.45, 7) is 0.263. The Balaban J connectivity index is 0.000000170.